The van der Waals surface area contributed by atoms with Gasteiger partial charge in [0.1, 0.15) is 0 Å². The molecule has 1 amide bonds. The van der Waals surface area contributed by atoms with Gasteiger partial charge in [0.2, 0.25) is 5.91 Å². The molecule has 0 saturated carbocycles. The minimum Gasteiger partial charge on any atom is -0.326 e. The first-order chi connectivity index (χ1) is 12.8. The maximum Gasteiger partial charge on any atom is 0.435 e. The van der Waals surface area contributed by atoms with Gasteiger partial charge in [-0.2, -0.15) is 18.3 Å². The lowest BCUT2D eigenvalue weighted by molar-refractivity contribution is -0.142. The predicted molar refractivity (Wildman–Crippen MR) is 97.7 cm³/mol. The first kappa shape index (κ1) is 19.7. The van der Waals surface area contributed by atoms with Crippen molar-refractivity contribution >= 4 is 23.2 Å². The summed E-state index contributed by atoms with van der Waals surface area (Å²) in [5.41, 5.74) is 0.809. The summed E-state index contributed by atoms with van der Waals surface area (Å²) in [6.45, 7) is 2.03. The van der Waals surface area contributed by atoms with E-state index in [2.05, 4.69) is 10.4 Å². The predicted octanol–water partition coefficient (Wildman–Crippen LogP) is 5.10. The minimum absolute atomic E-state index is 0.200. The van der Waals surface area contributed by atoms with Gasteiger partial charge in [0.25, 0.3) is 0 Å². The summed E-state index contributed by atoms with van der Waals surface area (Å²) in [4.78, 5) is 12.3. The quantitative estimate of drug-likeness (QED) is 0.760. The zero-order chi connectivity index (χ0) is 19.6. The highest BCUT2D eigenvalue weighted by molar-refractivity contribution is 6.30. The summed E-state index contributed by atoms with van der Waals surface area (Å²) in [7, 11) is 0. The maximum atomic E-state index is 13.2. The Morgan fingerprint density at radius 1 is 1.33 bits per heavy atom. The third-order valence-corrected chi connectivity index (χ3v) is 5.07. The lowest BCUT2D eigenvalue weighted by atomic mass is 9.95. The minimum atomic E-state index is -4.44. The van der Waals surface area contributed by atoms with Crippen molar-refractivity contribution in [3.05, 3.63) is 46.2 Å². The van der Waals surface area contributed by atoms with Crippen molar-refractivity contribution in [2.24, 2.45) is 5.92 Å². The number of carbonyl (C=O) groups excluding carboxylic acids is 1. The van der Waals surface area contributed by atoms with Gasteiger partial charge in [0.05, 0.1) is 0 Å². The van der Waals surface area contributed by atoms with E-state index in [1.165, 1.54) is 4.68 Å². The fourth-order valence-electron chi connectivity index (χ4n) is 3.36. The standard InChI is InChI=1S/C19H21ClF3N3O/c1-12(18(27)24-14-6-4-5-13(20)11-14)9-10-26-16-8-3-2-7-15(16)17(25-26)19(21,22)23/h4-6,11-12H,2-3,7-10H2,1H3,(H,24,27). The third-order valence-electron chi connectivity index (χ3n) is 4.84. The third kappa shape index (κ3) is 4.64. The molecule has 1 atom stereocenters. The van der Waals surface area contributed by atoms with Crippen molar-refractivity contribution in [2.45, 2.75) is 51.7 Å². The molecule has 1 aliphatic rings. The Labute approximate surface area is 160 Å². The molecule has 0 spiro atoms. The molecule has 0 fully saturated rings. The number of carbonyl (C=O) groups is 1. The van der Waals surface area contributed by atoms with Crippen LogP contribution in [0.5, 0.6) is 0 Å². The summed E-state index contributed by atoms with van der Waals surface area (Å²) in [6.07, 6.45) is -1.42. The molecule has 1 heterocycles. The monoisotopic (exact) mass is 399 g/mol. The molecule has 146 valence electrons. The highest BCUT2D eigenvalue weighted by Crippen LogP contribution is 2.36. The fraction of sp³-hybridized carbons (Fsp3) is 0.474. The van der Waals surface area contributed by atoms with Gasteiger partial charge >= 0.3 is 6.18 Å². The van der Waals surface area contributed by atoms with Crippen LogP contribution in [0, 0.1) is 5.92 Å². The van der Waals surface area contributed by atoms with Crippen molar-refractivity contribution < 1.29 is 18.0 Å². The van der Waals surface area contributed by atoms with E-state index in [-0.39, 0.29) is 18.4 Å². The molecule has 27 heavy (non-hydrogen) atoms. The number of anilines is 1. The van der Waals surface area contributed by atoms with Gasteiger partial charge in [-0.25, -0.2) is 0 Å². The first-order valence-electron chi connectivity index (χ1n) is 8.98. The van der Waals surface area contributed by atoms with Crippen LogP contribution in [0.4, 0.5) is 18.9 Å². The Morgan fingerprint density at radius 2 is 2.07 bits per heavy atom. The van der Waals surface area contributed by atoms with Crippen LogP contribution in [0.2, 0.25) is 5.02 Å². The molecular formula is C19H21ClF3N3O. The van der Waals surface area contributed by atoms with Crippen LogP contribution < -0.4 is 5.32 Å². The van der Waals surface area contributed by atoms with Crippen LogP contribution in [-0.4, -0.2) is 15.7 Å². The Balaban J connectivity index is 1.67. The number of nitrogens with zero attached hydrogens (tertiary/aromatic N) is 2. The van der Waals surface area contributed by atoms with E-state index >= 15 is 0 Å². The van der Waals surface area contributed by atoms with Crippen LogP contribution in [0.1, 0.15) is 43.1 Å². The van der Waals surface area contributed by atoms with Crippen molar-refractivity contribution in [2.75, 3.05) is 5.32 Å². The number of hydrogen-bond acceptors (Lipinski definition) is 2. The molecule has 1 aromatic heterocycles. The van der Waals surface area contributed by atoms with E-state index in [1.54, 1.807) is 31.2 Å². The van der Waals surface area contributed by atoms with E-state index in [1.807, 2.05) is 0 Å². The number of rotatable bonds is 5. The molecule has 1 aromatic carbocycles. The molecule has 0 aliphatic heterocycles. The molecule has 1 N–H and O–H groups in total. The second kappa shape index (κ2) is 7.92. The Bertz CT molecular complexity index is 832. The molecular weight excluding hydrogens is 379 g/mol. The lowest BCUT2D eigenvalue weighted by Crippen LogP contribution is -2.22. The van der Waals surface area contributed by atoms with E-state index in [0.717, 1.165) is 12.8 Å². The van der Waals surface area contributed by atoms with Crippen molar-refractivity contribution in [1.29, 1.82) is 0 Å². The number of benzene rings is 1. The second-order valence-electron chi connectivity index (χ2n) is 6.89. The summed E-state index contributed by atoms with van der Waals surface area (Å²) < 4.78 is 41.2. The Hall–Kier alpha value is -2.02. The normalized spacial score (nSPS) is 15.3. The second-order valence-corrected chi connectivity index (χ2v) is 7.33. The average Bonchev–Trinajstić information content (AvgIpc) is 2.99. The van der Waals surface area contributed by atoms with Crippen LogP contribution in [0.3, 0.4) is 0 Å². The molecule has 8 heteroatoms. The number of fused-ring (bicyclic) bond motifs is 1. The summed E-state index contributed by atoms with van der Waals surface area (Å²) in [6, 6.07) is 6.82. The molecule has 1 unspecified atom stereocenters. The van der Waals surface area contributed by atoms with Gasteiger partial charge in [-0.05, 0) is 50.3 Å². The fourth-order valence-corrected chi connectivity index (χ4v) is 3.55. The number of alkyl halides is 3. The largest absolute Gasteiger partial charge is 0.435 e. The van der Waals surface area contributed by atoms with Gasteiger partial charge < -0.3 is 5.32 Å². The van der Waals surface area contributed by atoms with Gasteiger partial charge in [0, 0.05) is 34.4 Å². The zero-order valence-electron chi connectivity index (χ0n) is 14.9. The number of nitrogens with one attached hydrogen (secondary N) is 1. The van der Waals surface area contributed by atoms with Gasteiger partial charge in [-0.3, -0.25) is 9.48 Å². The lowest BCUT2D eigenvalue weighted by Gasteiger charge is -2.16. The van der Waals surface area contributed by atoms with E-state index in [4.69, 9.17) is 11.6 Å². The van der Waals surface area contributed by atoms with E-state index in [9.17, 15) is 18.0 Å². The molecule has 0 bridgehead atoms. The molecule has 0 radical (unpaired) electrons. The average molecular weight is 400 g/mol. The van der Waals surface area contributed by atoms with E-state index in [0.29, 0.717) is 41.2 Å². The smallest absolute Gasteiger partial charge is 0.326 e. The highest BCUT2D eigenvalue weighted by atomic mass is 35.5. The summed E-state index contributed by atoms with van der Waals surface area (Å²) in [5, 5.41) is 7.13. The number of halogens is 4. The number of amides is 1. The summed E-state index contributed by atoms with van der Waals surface area (Å²) in [5.74, 6) is -0.573. The molecule has 4 nitrogen and oxygen atoms in total. The highest BCUT2D eigenvalue weighted by Gasteiger charge is 2.39. The van der Waals surface area contributed by atoms with Crippen LogP contribution in [0.15, 0.2) is 24.3 Å². The number of hydrogen-bond donors (Lipinski definition) is 1. The van der Waals surface area contributed by atoms with E-state index < -0.39 is 11.9 Å². The van der Waals surface area contributed by atoms with Gasteiger partial charge in [0.15, 0.2) is 5.69 Å². The van der Waals surface area contributed by atoms with Gasteiger partial charge in [-0.1, -0.05) is 24.6 Å². The number of aromatic nitrogens is 2. The molecule has 2 aromatic rings. The van der Waals surface area contributed by atoms with Crippen molar-refractivity contribution in [1.82, 2.24) is 9.78 Å². The number of aryl methyl sites for hydroxylation is 1. The van der Waals surface area contributed by atoms with Crippen molar-refractivity contribution in [3.8, 4) is 0 Å². The first-order valence-corrected chi connectivity index (χ1v) is 9.35. The van der Waals surface area contributed by atoms with Crippen molar-refractivity contribution in [3.63, 3.8) is 0 Å². The molecule has 1 aliphatic carbocycles. The topological polar surface area (TPSA) is 46.9 Å². The molecule has 3 rings (SSSR count). The molecule has 0 saturated heterocycles. The Kier molecular flexibility index (Phi) is 5.79. The van der Waals surface area contributed by atoms with Gasteiger partial charge in [-0.15, -0.1) is 0 Å². The maximum absolute atomic E-state index is 13.2. The zero-order valence-corrected chi connectivity index (χ0v) is 15.7. The van der Waals surface area contributed by atoms with Crippen LogP contribution in [0.25, 0.3) is 0 Å². The van der Waals surface area contributed by atoms with Crippen LogP contribution >= 0.6 is 11.6 Å². The SMILES string of the molecule is CC(CCn1nc(C(F)(F)F)c2c1CCCC2)C(=O)Nc1cccc(Cl)c1. The summed E-state index contributed by atoms with van der Waals surface area (Å²) >= 11 is 5.90. The van der Waals surface area contributed by atoms with Crippen LogP contribution in [-0.2, 0) is 30.4 Å². The Morgan fingerprint density at radius 3 is 2.78 bits per heavy atom.